The fourth-order valence-electron chi connectivity index (χ4n) is 2.13. The van der Waals surface area contributed by atoms with Crippen molar-refractivity contribution >= 4 is 40.5 Å². The van der Waals surface area contributed by atoms with Gasteiger partial charge in [0.1, 0.15) is 11.6 Å². The highest BCUT2D eigenvalue weighted by Crippen LogP contribution is 2.20. The van der Waals surface area contributed by atoms with E-state index < -0.39 is 5.91 Å². The number of nitrogens with one attached hydrogen (secondary N) is 3. The lowest BCUT2D eigenvalue weighted by molar-refractivity contribution is -0.114. The highest BCUT2D eigenvalue weighted by Gasteiger charge is 2.10. The predicted molar refractivity (Wildman–Crippen MR) is 103 cm³/mol. The summed E-state index contributed by atoms with van der Waals surface area (Å²) in [5, 5.41) is 18.0. The molecule has 0 fully saturated rings. The Bertz CT molecular complexity index is 899. The molecule has 6 nitrogen and oxygen atoms in total. The van der Waals surface area contributed by atoms with Crippen LogP contribution >= 0.6 is 11.6 Å². The third-order valence-corrected chi connectivity index (χ3v) is 3.62. The summed E-state index contributed by atoms with van der Waals surface area (Å²) < 4.78 is 0. The summed E-state index contributed by atoms with van der Waals surface area (Å²) in [6.45, 7) is 3.28. The second-order valence-electron chi connectivity index (χ2n) is 5.49. The quantitative estimate of drug-likeness (QED) is 0.547. The van der Waals surface area contributed by atoms with E-state index in [0.29, 0.717) is 16.4 Å². The molecule has 0 unspecified atom stereocenters. The third-order valence-electron chi connectivity index (χ3n) is 3.39. The van der Waals surface area contributed by atoms with Gasteiger partial charge in [-0.3, -0.25) is 9.59 Å². The standard InChI is InChI=1S/C19H17ClN4O2/c1-12-9-15(20)3-8-18(12)22-11-14(10-21)19(26)24-17-6-4-16(5-7-17)23-13(2)25/h3-9,11,22H,1-2H3,(H,23,25)(H,24,26)/b14-11-. The molecule has 0 aliphatic heterocycles. The highest BCUT2D eigenvalue weighted by atomic mass is 35.5. The van der Waals surface area contributed by atoms with Gasteiger partial charge in [-0.2, -0.15) is 5.26 Å². The van der Waals surface area contributed by atoms with Crippen molar-refractivity contribution < 1.29 is 9.59 Å². The number of carbonyl (C=O) groups excluding carboxylic acids is 2. The molecule has 0 heterocycles. The molecule has 0 spiro atoms. The monoisotopic (exact) mass is 368 g/mol. The van der Waals surface area contributed by atoms with E-state index in [1.165, 1.54) is 13.1 Å². The summed E-state index contributed by atoms with van der Waals surface area (Å²) in [5.74, 6) is -0.723. The topological polar surface area (TPSA) is 94.0 Å². The Kier molecular flexibility index (Phi) is 6.36. The average Bonchev–Trinajstić information content (AvgIpc) is 2.58. The van der Waals surface area contributed by atoms with Gasteiger partial charge >= 0.3 is 0 Å². The number of anilines is 3. The Balaban J connectivity index is 2.06. The molecule has 0 aromatic heterocycles. The van der Waals surface area contributed by atoms with E-state index >= 15 is 0 Å². The molecular formula is C19H17ClN4O2. The van der Waals surface area contributed by atoms with E-state index in [-0.39, 0.29) is 11.5 Å². The Hall–Kier alpha value is -3.30. The minimum Gasteiger partial charge on any atom is -0.360 e. The first-order valence-corrected chi connectivity index (χ1v) is 8.09. The maximum atomic E-state index is 12.2. The van der Waals surface area contributed by atoms with Gasteiger partial charge in [0.05, 0.1) is 0 Å². The van der Waals surface area contributed by atoms with Crippen LogP contribution in [0.1, 0.15) is 12.5 Å². The van der Waals surface area contributed by atoms with Crippen LogP contribution in [0.2, 0.25) is 5.02 Å². The number of hydrogen-bond acceptors (Lipinski definition) is 4. The summed E-state index contributed by atoms with van der Waals surface area (Å²) in [5.41, 5.74) is 2.68. The molecule has 2 amide bonds. The lowest BCUT2D eigenvalue weighted by Crippen LogP contribution is -2.14. The SMILES string of the molecule is CC(=O)Nc1ccc(NC(=O)/C(C#N)=C\Nc2ccc(Cl)cc2C)cc1. The number of rotatable bonds is 5. The number of nitrogens with zero attached hydrogens (tertiary/aromatic N) is 1. The van der Waals surface area contributed by atoms with Crippen LogP contribution in [0, 0.1) is 18.3 Å². The molecule has 2 aromatic rings. The van der Waals surface area contributed by atoms with Crippen molar-refractivity contribution in [1.82, 2.24) is 0 Å². The van der Waals surface area contributed by atoms with Gasteiger partial charge in [-0.05, 0) is 55.0 Å². The molecule has 0 saturated heterocycles. The van der Waals surface area contributed by atoms with E-state index in [1.54, 1.807) is 42.5 Å². The number of amides is 2. The number of halogens is 1. The first-order chi connectivity index (χ1) is 12.4. The molecule has 0 saturated carbocycles. The van der Waals surface area contributed by atoms with Crippen molar-refractivity contribution in [3.63, 3.8) is 0 Å². The van der Waals surface area contributed by atoms with Crippen molar-refractivity contribution in [2.75, 3.05) is 16.0 Å². The van der Waals surface area contributed by atoms with Crippen LogP contribution in [0.15, 0.2) is 54.2 Å². The molecule has 132 valence electrons. The molecule has 2 aromatic carbocycles. The van der Waals surface area contributed by atoms with Crippen LogP contribution in [0.5, 0.6) is 0 Å². The maximum Gasteiger partial charge on any atom is 0.267 e. The Labute approximate surface area is 156 Å². The van der Waals surface area contributed by atoms with Crippen LogP contribution in [0.25, 0.3) is 0 Å². The van der Waals surface area contributed by atoms with Gasteiger partial charge in [-0.1, -0.05) is 11.6 Å². The zero-order chi connectivity index (χ0) is 19.1. The van der Waals surface area contributed by atoms with Crippen molar-refractivity contribution in [2.45, 2.75) is 13.8 Å². The summed E-state index contributed by atoms with van der Waals surface area (Å²) in [6.07, 6.45) is 1.34. The molecule has 2 rings (SSSR count). The third kappa shape index (κ3) is 5.36. The molecule has 7 heteroatoms. The molecule has 3 N–H and O–H groups in total. The summed E-state index contributed by atoms with van der Waals surface area (Å²) in [6, 6.07) is 13.7. The van der Waals surface area contributed by atoms with Crippen LogP contribution < -0.4 is 16.0 Å². The summed E-state index contributed by atoms with van der Waals surface area (Å²) >= 11 is 5.90. The van der Waals surface area contributed by atoms with Crippen LogP contribution in [0.3, 0.4) is 0 Å². The number of carbonyl (C=O) groups is 2. The lowest BCUT2D eigenvalue weighted by Gasteiger charge is -2.08. The van der Waals surface area contributed by atoms with Crippen LogP contribution in [-0.2, 0) is 9.59 Å². The Morgan fingerprint density at radius 2 is 1.69 bits per heavy atom. The predicted octanol–water partition coefficient (Wildman–Crippen LogP) is 4.06. The molecule has 0 radical (unpaired) electrons. The van der Waals surface area contributed by atoms with E-state index in [4.69, 9.17) is 11.6 Å². The van der Waals surface area contributed by atoms with Gasteiger partial charge in [0.25, 0.3) is 5.91 Å². The molecule has 0 atom stereocenters. The van der Waals surface area contributed by atoms with Gasteiger partial charge in [0, 0.05) is 35.2 Å². The molecule has 0 aliphatic carbocycles. The van der Waals surface area contributed by atoms with E-state index in [2.05, 4.69) is 16.0 Å². The molecule has 0 bridgehead atoms. The number of benzene rings is 2. The second kappa shape index (κ2) is 8.70. The fraction of sp³-hybridized carbons (Fsp3) is 0.105. The van der Waals surface area contributed by atoms with Crippen LogP contribution in [-0.4, -0.2) is 11.8 Å². The van der Waals surface area contributed by atoms with Gasteiger partial charge in [-0.25, -0.2) is 0 Å². The minimum absolute atomic E-state index is 0.0784. The second-order valence-corrected chi connectivity index (χ2v) is 5.92. The molecule has 26 heavy (non-hydrogen) atoms. The molecular weight excluding hydrogens is 352 g/mol. The minimum atomic E-state index is -0.543. The Morgan fingerprint density at radius 3 is 2.23 bits per heavy atom. The lowest BCUT2D eigenvalue weighted by atomic mass is 10.2. The van der Waals surface area contributed by atoms with Crippen molar-refractivity contribution in [2.24, 2.45) is 0 Å². The Morgan fingerprint density at radius 1 is 1.08 bits per heavy atom. The zero-order valence-electron chi connectivity index (χ0n) is 14.3. The summed E-state index contributed by atoms with van der Waals surface area (Å²) in [4.78, 5) is 23.2. The van der Waals surface area contributed by atoms with Crippen molar-refractivity contribution in [1.29, 1.82) is 5.26 Å². The fourth-order valence-corrected chi connectivity index (χ4v) is 2.35. The van der Waals surface area contributed by atoms with E-state index in [0.717, 1.165) is 11.3 Å². The number of aryl methyl sites for hydroxylation is 1. The largest absolute Gasteiger partial charge is 0.360 e. The van der Waals surface area contributed by atoms with Gasteiger partial charge in [0.2, 0.25) is 5.91 Å². The smallest absolute Gasteiger partial charge is 0.267 e. The van der Waals surface area contributed by atoms with E-state index in [9.17, 15) is 14.9 Å². The average molecular weight is 369 g/mol. The van der Waals surface area contributed by atoms with Crippen molar-refractivity contribution in [3.8, 4) is 6.07 Å². The maximum absolute atomic E-state index is 12.2. The first-order valence-electron chi connectivity index (χ1n) is 7.71. The zero-order valence-corrected chi connectivity index (χ0v) is 15.0. The highest BCUT2D eigenvalue weighted by molar-refractivity contribution is 6.30. The molecule has 0 aliphatic rings. The number of hydrogen-bond donors (Lipinski definition) is 3. The van der Waals surface area contributed by atoms with Gasteiger partial charge < -0.3 is 16.0 Å². The van der Waals surface area contributed by atoms with E-state index in [1.807, 2.05) is 13.0 Å². The van der Waals surface area contributed by atoms with Crippen molar-refractivity contribution in [3.05, 3.63) is 64.8 Å². The normalized spacial score (nSPS) is 10.6. The summed E-state index contributed by atoms with van der Waals surface area (Å²) in [7, 11) is 0. The number of nitriles is 1. The van der Waals surface area contributed by atoms with Gasteiger partial charge in [-0.15, -0.1) is 0 Å². The van der Waals surface area contributed by atoms with Gasteiger partial charge in [0.15, 0.2) is 0 Å². The van der Waals surface area contributed by atoms with Crippen LogP contribution in [0.4, 0.5) is 17.1 Å². The first kappa shape index (κ1) is 19.0.